The van der Waals surface area contributed by atoms with E-state index in [4.69, 9.17) is 10.5 Å². The van der Waals surface area contributed by atoms with Crippen LogP contribution in [0, 0.1) is 0 Å². The number of thiophene rings is 1. The summed E-state index contributed by atoms with van der Waals surface area (Å²) >= 11 is 1.43. The number of hydrogen-bond acceptors (Lipinski definition) is 3. The van der Waals surface area contributed by atoms with Gasteiger partial charge in [-0.05, 0) is 12.3 Å². The van der Waals surface area contributed by atoms with Crippen LogP contribution in [0.25, 0.3) is 0 Å². The molecule has 0 aliphatic heterocycles. The van der Waals surface area contributed by atoms with Crippen LogP contribution in [-0.2, 0) is 0 Å². The van der Waals surface area contributed by atoms with Gasteiger partial charge < -0.3 is 10.5 Å². The standard InChI is InChI=1S/C10H15NO2S/c1-4-6(2)9-7(13-3)5-8(14-9)10(11)12/h5-6H,4H2,1-3H3,(H2,11,12). The summed E-state index contributed by atoms with van der Waals surface area (Å²) in [6, 6.07) is 1.72. The van der Waals surface area contributed by atoms with Crippen LogP contribution in [0.15, 0.2) is 6.07 Å². The average Bonchev–Trinajstić information content (AvgIpc) is 2.60. The molecule has 0 aromatic carbocycles. The van der Waals surface area contributed by atoms with E-state index in [2.05, 4.69) is 13.8 Å². The van der Waals surface area contributed by atoms with E-state index in [0.717, 1.165) is 17.0 Å². The zero-order chi connectivity index (χ0) is 10.7. The normalized spacial score (nSPS) is 12.5. The highest BCUT2D eigenvalue weighted by molar-refractivity contribution is 7.14. The van der Waals surface area contributed by atoms with E-state index in [-0.39, 0.29) is 5.91 Å². The molecule has 1 amide bonds. The zero-order valence-corrected chi connectivity index (χ0v) is 9.48. The summed E-state index contributed by atoms with van der Waals surface area (Å²) in [4.78, 5) is 12.6. The molecule has 0 radical (unpaired) electrons. The maximum absolute atomic E-state index is 11.0. The van der Waals surface area contributed by atoms with Gasteiger partial charge in [0.2, 0.25) is 0 Å². The minimum atomic E-state index is -0.386. The molecule has 78 valence electrons. The van der Waals surface area contributed by atoms with Crippen molar-refractivity contribution in [2.24, 2.45) is 5.73 Å². The Balaban J connectivity index is 3.08. The Hall–Kier alpha value is -1.03. The number of hydrogen-bond donors (Lipinski definition) is 1. The highest BCUT2D eigenvalue weighted by Gasteiger charge is 2.16. The third-order valence-electron chi connectivity index (χ3n) is 2.25. The minimum absolute atomic E-state index is 0.386. The van der Waals surface area contributed by atoms with Gasteiger partial charge in [0.1, 0.15) is 5.75 Å². The molecule has 4 heteroatoms. The Labute approximate surface area is 87.9 Å². The van der Waals surface area contributed by atoms with E-state index < -0.39 is 0 Å². The first-order valence-electron chi connectivity index (χ1n) is 4.57. The summed E-state index contributed by atoms with van der Waals surface area (Å²) < 4.78 is 5.20. The fraction of sp³-hybridized carbons (Fsp3) is 0.500. The molecule has 0 aliphatic rings. The van der Waals surface area contributed by atoms with Crippen molar-refractivity contribution in [2.75, 3.05) is 7.11 Å². The lowest BCUT2D eigenvalue weighted by molar-refractivity contribution is 0.100. The smallest absolute Gasteiger partial charge is 0.258 e. The lowest BCUT2D eigenvalue weighted by atomic mass is 10.1. The van der Waals surface area contributed by atoms with Crippen LogP contribution in [0.1, 0.15) is 40.7 Å². The number of carbonyl (C=O) groups is 1. The Morgan fingerprint density at radius 3 is 2.79 bits per heavy atom. The summed E-state index contributed by atoms with van der Waals surface area (Å²) in [5.41, 5.74) is 5.21. The maximum Gasteiger partial charge on any atom is 0.258 e. The molecular formula is C10H15NO2S. The van der Waals surface area contributed by atoms with Crippen LogP contribution in [0.2, 0.25) is 0 Å². The molecule has 0 saturated carbocycles. The van der Waals surface area contributed by atoms with Gasteiger partial charge in [-0.15, -0.1) is 11.3 Å². The minimum Gasteiger partial charge on any atom is -0.496 e. The lowest BCUT2D eigenvalue weighted by Gasteiger charge is -2.07. The molecule has 2 N–H and O–H groups in total. The van der Waals surface area contributed by atoms with Crippen LogP contribution in [0.4, 0.5) is 0 Å². The molecular weight excluding hydrogens is 198 g/mol. The zero-order valence-electron chi connectivity index (χ0n) is 8.66. The van der Waals surface area contributed by atoms with Crippen molar-refractivity contribution in [1.29, 1.82) is 0 Å². The van der Waals surface area contributed by atoms with Crippen molar-refractivity contribution in [1.82, 2.24) is 0 Å². The summed E-state index contributed by atoms with van der Waals surface area (Å²) in [5, 5.41) is 0. The Bertz CT molecular complexity index is 333. The molecule has 0 saturated heterocycles. The van der Waals surface area contributed by atoms with Crippen LogP contribution in [0.5, 0.6) is 5.75 Å². The molecule has 1 rings (SSSR count). The molecule has 14 heavy (non-hydrogen) atoms. The Kier molecular flexibility index (Phi) is 3.52. The highest BCUT2D eigenvalue weighted by atomic mass is 32.1. The summed E-state index contributed by atoms with van der Waals surface area (Å²) in [5.74, 6) is 0.795. The van der Waals surface area contributed by atoms with E-state index >= 15 is 0 Å². The fourth-order valence-corrected chi connectivity index (χ4v) is 2.31. The van der Waals surface area contributed by atoms with E-state index in [0.29, 0.717) is 10.8 Å². The van der Waals surface area contributed by atoms with Crippen molar-refractivity contribution in [3.05, 3.63) is 15.8 Å². The van der Waals surface area contributed by atoms with Crippen LogP contribution in [0.3, 0.4) is 0 Å². The topological polar surface area (TPSA) is 52.3 Å². The molecule has 3 nitrogen and oxygen atoms in total. The Morgan fingerprint density at radius 2 is 2.36 bits per heavy atom. The van der Waals surface area contributed by atoms with Gasteiger partial charge in [-0.25, -0.2) is 0 Å². The van der Waals surface area contributed by atoms with Gasteiger partial charge in [0, 0.05) is 6.07 Å². The molecule has 0 bridgehead atoms. The number of rotatable bonds is 4. The predicted octanol–water partition coefficient (Wildman–Crippen LogP) is 2.37. The molecule has 1 aromatic heterocycles. The van der Waals surface area contributed by atoms with E-state index in [1.807, 2.05) is 0 Å². The molecule has 0 aliphatic carbocycles. The Morgan fingerprint density at radius 1 is 1.71 bits per heavy atom. The molecule has 1 unspecified atom stereocenters. The van der Waals surface area contributed by atoms with Gasteiger partial charge in [-0.3, -0.25) is 4.79 Å². The highest BCUT2D eigenvalue weighted by Crippen LogP contribution is 2.36. The summed E-state index contributed by atoms with van der Waals surface area (Å²) in [7, 11) is 1.61. The summed E-state index contributed by atoms with van der Waals surface area (Å²) in [6.45, 7) is 4.22. The molecule has 0 fully saturated rings. The van der Waals surface area contributed by atoms with Gasteiger partial charge in [-0.2, -0.15) is 0 Å². The van der Waals surface area contributed by atoms with Crippen LogP contribution in [-0.4, -0.2) is 13.0 Å². The SMILES string of the molecule is CCC(C)c1sc(C(N)=O)cc1OC. The summed E-state index contributed by atoms with van der Waals surface area (Å²) in [6.07, 6.45) is 1.02. The van der Waals surface area contributed by atoms with Gasteiger partial charge in [-0.1, -0.05) is 13.8 Å². The van der Waals surface area contributed by atoms with Crippen LogP contribution >= 0.6 is 11.3 Å². The van der Waals surface area contributed by atoms with E-state index in [1.165, 1.54) is 11.3 Å². The number of carbonyl (C=O) groups excluding carboxylic acids is 1. The monoisotopic (exact) mass is 213 g/mol. The number of ether oxygens (including phenoxy) is 1. The second kappa shape index (κ2) is 4.46. The lowest BCUT2D eigenvalue weighted by Crippen LogP contribution is -2.08. The first kappa shape index (κ1) is 11.0. The largest absolute Gasteiger partial charge is 0.496 e. The van der Waals surface area contributed by atoms with Crippen molar-refractivity contribution >= 4 is 17.2 Å². The average molecular weight is 213 g/mol. The van der Waals surface area contributed by atoms with Gasteiger partial charge >= 0.3 is 0 Å². The molecule has 1 aromatic rings. The van der Waals surface area contributed by atoms with Gasteiger partial charge in [0.15, 0.2) is 0 Å². The number of amides is 1. The van der Waals surface area contributed by atoms with E-state index in [1.54, 1.807) is 13.2 Å². The van der Waals surface area contributed by atoms with Crippen molar-refractivity contribution in [3.63, 3.8) is 0 Å². The number of methoxy groups -OCH3 is 1. The first-order valence-corrected chi connectivity index (χ1v) is 5.39. The van der Waals surface area contributed by atoms with Gasteiger partial charge in [0.05, 0.1) is 16.9 Å². The predicted molar refractivity (Wildman–Crippen MR) is 58.1 cm³/mol. The van der Waals surface area contributed by atoms with Gasteiger partial charge in [0.25, 0.3) is 5.91 Å². The third kappa shape index (κ3) is 2.07. The fourth-order valence-electron chi connectivity index (χ4n) is 1.20. The second-order valence-corrected chi connectivity index (χ2v) is 4.30. The maximum atomic E-state index is 11.0. The number of primary amides is 1. The number of nitrogens with two attached hydrogens (primary N) is 1. The quantitative estimate of drug-likeness (QED) is 0.834. The van der Waals surface area contributed by atoms with Crippen LogP contribution < -0.4 is 10.5 Å². The van der Waals surface area contributed by atoms with Crippen molar-refractivity contribution in [3.8, 4) is 5.75 Å². The molecule has 0 spiro atoms. The third-order valence-corrected chi connectivity index (χ3v) is 3.61. The first-order chi connectivity index (χ1) is 6.60. The van der Waals surface area contributed by atoms with Crippen molar-refractivity contribution < 1.29 is 9.53 Å². The second-order valence-electron chi connectivity index (χ2n) is 3.22. The van der Waals surface area contributed by atoms with Crippen molar-refractivity contribution in [2.45, 2.75) is 26.2 Å². The van der Waals surface area contributed by atoms with E-state index in [9.17, 15) is 4.79 Å². The molecule has 1 atom stereocenters. The molecule has 1 heterocycles.